The normalized spacial score (nSPS) is 20.8. The Labute approximate surface area is 165 Å². The molecule has 0 aromatic carbocycles. The maximum Gasteiger partial charge on any atom is 2.00 e. The third-order valence-corrected chi connectivity index (χ3v) is 1.87. The van der Waals surface area contributed by atoms with E-state index < -0.39 is 15.6 Å². The quantitative estimate of drug-likeness (QED) is 0.220. The summed E-state index contributed by atoms with van der Waals surface area (Å²) in [4.78, 5) is 51.3. The SMILES string of the molecule is N[C@@H]1CCCC[C@H]1N.O=P([O-])([O-])[O-].O=P([O-])([O-])[O-].[Pt+2].[Pt+2].[Pt+2]. The van der Waals surface area contributed by atoms with E-state index in [9.17, 15) is 0 Å². The second kappa shape index (κ2) is 17.0. The fourth-order valence-corrected chi connectivity index (χ4v) is 1.19. The van der Waals surface area contributed by atoms with E-state index in [2.05, 4.69) is 0 Å². The Hall–Kier alpha value is 2.20. The zero-order valence-corrected chi connectivity index (χ0v) is 18.9. The molecule has 1 fully saturated rings. The van der Waals surface area contributed by atoms with Crippen LogP contribution in [0, 0.1) is 0 Å². The molecule has 0 heterocycles. The van der Waals surface area contributed by atoms with E-state index in [0.29, 0.717) is 0 Å². The van der Waals surface area contributed by atoms with Crippen LogP contribution in [-0.2, 0) is 72.3 Å². The van der Waals surface area contributed by atoms with Crippen LogP contribution in [0.25, 0.3) is 0 Å². The van der Waals surface area contributed by atoms with E-state index in [1.54, 1.807) is 0 Å². The molecule has 0 aromatic rings. The van der Waals surface area contributed by atoms with Gasteiger partial charge in [0.05, 0.1) is 0 Å². The van der Waals surface area contributed by atoms with Gasteiger partial charge in [0.1, 0.15) is 0 Å². The molecule has 4 N–H and O–H groups in total. The second-order valence-corrected chi connectivity index (χ2v) is 5.30. The van der Waals surface area contributed by atoms with Crippen molar-refractivity contribution < 1.29 is 102 Å². The van der Waals surface area contributed by atoms with Gasteiger partial charge in [0.2, 0.25) is 0 Å². The Morgan fingerprint density at radius 1 is 0.667 bits per heavy atom. The zero-order valence-electron chi connectivity index (χ0n) is 10.2. The van der Waals surface area contributed by atoms with E-state index in [4.69, 9.17) is 50.0 Å². The topological polar surface area (TPSA) is 225 Å². The Bertz CT molecular complexity index is 268. The zero-order chi connectivity index (χ0) is 15.0. The minimum absolute atomic E-state index is 0. The molecule has 0 spiro atoms. The van der Waals surface area contributed by atoms with Crippen molar-refractivity contribution in [3.8, 4) is 0 Å². The largest absolute Gasteiger partial charge is 2.00 e. The predicted molar refractivity (Wildman–Crippen MR) is 49.6 cm³/mol. The maximum absolute atomic E-state index is 8.55. The van der Waals surface area contributed by atoms with Crippen LogP contribution in [0.4, 0.5) is 0 Å². The molecule has 0 unspecified atom stereocenters. The van der Waals surface area contributed by atoms with Crippen LogP contribution in [0.3, 0.4) is 0 Å². The Morgan fingerprint density at radius 2 is 0.810 bits per heavy atom. The summed E-state index contributed by atoms with van der Waals surface area (Å²) in [5.41, 5.74) is 11.3. The first-order chi connectivity index (χ1) is 7.80. The first kappa shape index (κ1) is 34.5. The molecule has 0 bridgehead atoms. The van der Waals surface area contributed by atoms with E-state index in [-0.39, 0.29) is 75.3 Å². The van der Waals surface area contributed by atoms with Crippen molar-refractivity contribution in [2.75, 3.05) is 0 Å². The molecule has 0 amide bonds. The summed E-state index contributed by atoms with van der Waals surface area (Å²) < 4.78 is 17.1. The van der Waals surface area contributed by atoms with Gasteiger partial charge < -0.3 is 50.0 Å². The average Bonchev–Trinajstić information content (AvgIpc) is 2.04. The van der Waals surface area contributed by atoms with E-state index in [1.807, 2.05) is 0 Å². The Balaban J connectivity index is -0.0000000595. The van der Waals surface area contributed by atoms with Crippen molar-refractivity contribution in [2.45, 2.75) is 37.8 Å². The van der Waals surface area contributed by atoms with Gasteiger partial charge >= 0.3 is 63.2 Å². The van der Waals surface area contributed by atoms with Crippen molar-refractivity contribution in [3.63, 3.8) is 0 Å². The Morgan fingerprint density at radius 3 is 0.905 bits per heavy atom. The molecule has 136 valence electrons. The van der Waals surface area contributed by atoms with Gasteiger partial charge in [0.15, 0.2) is 0 Å². The van der Waals surface area contributed by atoms with E-state index in [0.717, 1.165) is 12.8 Å². The molecule has 21 heavy (non-hydrogen) atoms. The van der Waals surface area contributed by atoms with Crippen molar-refractivity contribution in [2.24, 2.45) is 11.5 Å². The fourth-order valence-electron chi connectivity index (χ4n) is 1.19. The minimum atomic E-state index is -5.39. The van der Waals surface area contributed by atoms with E-state index >= 15 is 0 Å². The van der Waals surface area contributed by atoms with Crippen LogP contribution in [-0.4, -0.2) is 12.1 Å². The van der Waals surface area contributed by atoms with Crippen LogP contribution < -0.4 is 40.8 Å². The molecule has 1 rings (SSSR count). The number of rotatable bonds is 0. The van der Waals surface area contributed by atoms with Crippen LogP contribution >= 0.6 is 15.6 Å². The van der Waals surface area contributed by atoms with Crippen molar-refractivity contribution in [1.29, 1.82) is 0 Å². The first-order valence-corrected chi connectivity index (χ1v) is 7.70. The number of phosphoric acid groups is 2. The van der Waals surface area contributed by atoms with Gasteiger partial charge in [-0.05, 0) is 12.8 Å². The van der Waals surface area contributed by atoms with Crippen LogP contribution in [0.15, 0.2) is 0 Å². The average molecular weight is 889 g/mol. The molecular formula is C6H14N2O8P2Pt3. The molecule has 1 aliphatic rings. The van der Waals surface area contributed by atoms with E-state index in [1.165, 1.54) is 12.8 Å². The van der Waals surface area contributed by atoms with Gasteiger partial charge in [-0.15, -0.1) is 0 Å². The molecule has 0 radical (unpaired) electrons. The number of nitrogens with two attached hydrogens (primary N) is 2. The summed E-state index contributed by atoms with van der Waals surface area (Å²) in [6.45, 7) is 0. The fraction of sp³-hybridized carbons (Fsp3) is 1.00. The molecule has 10 nitrogen and oxygen atoms in total. The standard InChI is InChI=1S/C6H14N2.2H3O4P.3Pt/c7-5-3-1-2-4-6(5)8;2*1-5(2,3)4;;;/h5-6H,1-4,7-8H2;2*(H3,1,2,3,4);;;/q;;;3*+2/p-6/t5-,6-;;;;;/m1...../s1. The number of hydrogen-bond acceptors (Lipinski definition) is 10. The summed E-state index contributed by atoms with van der Waals surface area (Å²) in [6.07, 6.45) is 4.80. The predicted octanol–water partition coefficient (Wildman–Crippen LogP) is -5.44. The summed E-state index contributed by atoms with van der Waals surface area (Å²) in [5, 5.41) is 0. The summed E-state index contributed by atoms with van der Waals surface area (Å²) in [6, 6.07) is 0.562. The van der Waals surface area contributed by atoms with Crippen LogP contribution in [0.5, 0.6) is 0 Å². The summed E-state index contributed by atoms with van der Waals surface area (Å²) >= 11 is 0. The molecule has 0 aliphatic heterocycles. The van der Waals surface area contributed by atoms with Crippen molar-refractivity contribution in [1.82, 2.24) is 0 Å². The first-order valence-electron chi connectivity index (χ1n) is 4.78. The monoisotopic (exact) mass is 889 g/mol. The van der Waals surface area contributed by atoms with Gasteiger partial charge in [0, 0.05) is 12.1 Å². The third kappa shape index (κ3) is 52.0. The molecular weight excluding hydrogens is 875 g/mol. The van der Waals surface area contributed by atoms with Gasteiger partial charge in [-0.25, -0.2) is 0 Å². The van der Waals surface area contributed by atoms with Crippen molar-refractivity contribution >= 4 is 15.6 Å². The van der Waals surface area contributed by atoms with Crippen LogP contribution in [0.2, 0.25) is 0 Å². The van der Waals surface area contributed by atoms with Crippen molar-refractivity contribution in [3.05, 3.63) is 0 Å². The molecule has 0 aromatic heterocycles. The number of hydrogen-bond donors (Lipinski definition) is 2. The molecule has 2 atom stereocenters. The second-order valence-electron chi connectivity index (χ2n) is 3.51. The van der Waals surface area contributed by atoms with Gasteiger partial charge in [0.25, 0.3) is 0 Å². The smallest absolute Gasteiger partial charge is 0.822 e. The van der Waals surface area contributed by atoms with Crippen LogP contribution in [0.1, 0.15) is 25.7 Å². The summed E-state index contributed by atoms with van der Waals surface area (Å²) in [7, 11) is -10.8. The summed E-state index contributed by atoms with van der Waals surface area (Å²) in [5.74, 6) is 0. The van der Waals surface area contributed by atoms with Gasteiger partial charge in [-0.2, -0.15) is 15.6 Å². The maximum atomic E-state index is 8.55. The molecule has 1 aliphatic carbocycles. The van der Waals surface area contributed by atoms with Gasteiger partial charge in [-0.3, -0.25) is 0 Å². The molecule has 0 saturated heterocycles. The molecule has 1 saturated carbocycles. The minimum Gasteiger partial charge on any atom is -0.822 e. The molecule has 15 heteroatoms. The Kier molecular flexibility index (Phi) is 28.0. The van der Waals surface area contributed by atoms with Gasteiger partial charge in [-0.1, -0.05) is 12.8 Å². The third-order valence-electron chi connectivity index (χ3n) is 1.87.